The molecular weight excluding hydrogens is 370 g/mol. The van der Waals surface area contributed by atoms with Gasteiger partial charge in [0.15, 0.2) is 0 Å². The highest BCUT2D eigenvalue weighted by molar-refractivity contribution is 6.08. The summed E-state index contributed by atoms with van der Waals surface area (Å²) in [5.74, 6) is -3.20. The maximum absolute atomic E-state index is 12.7. The van der Waals surface area contributed by atoms with Crippen molar-refractivity contribution in [2.45, 2.75) is 31.7 Å². The third-order valence-electron chi connectivity index (χ3n) is 5.28. The molecule has 4 N–H and O–H groups in total. The van der Waals surface area contributed by atoms with E-state index in [1.165, 1.54) is 0 Å². The topological polar surface area (TPSA) is 125 Å². The highest BCUT2D eigenvalue weighted by atomic mass is 16.4. The van der Waals surface area contributed by atoms with Crippen molar-refractivity contribution in [3.8, 4) is 0 Å². The van der Waals surface area contributed by atoms with Crippen LogP contribution in [0, 0.1) is 11.3 Å². The number of benzene rings is 2. The lowest BCUT2D eigenvalue weighted by atomic mass is 9.81. The summed E-state index contributed by atoms with van der Waals surface area (Å²) < 4.78 is 0. The van der Waals surface area contributed by atoms with Gasteiger partial charge in [-0.05, 0) is 29.5 Å². The predicted octanol–water partition coefficient (Wildman–Crippen LogP) is 2.15. The van der Waals surface area contributed by atoms with Crippen LogP contribution in [0.5, 0.6) is 0 Å². The normalized spacial score (nSPS) is 19.3. The molecule has 3 rings (SSSR count). The first-order valence-electron chi connectivity index (χ1n) is 9.36. The number of aliphatic carboxylic acids is 1. The van der Waals surface area contributed by atoms with Crippen LogP contribution in [0.4, 0.5) is 0 Å². The van der Waals surface area contributed by atoms with E-state index in [1.807, 2.05) is 37.3 Å². The first-order chi connectivity index (χ1) is 13.8. The zero-order valence-corrected chi connectivity index (χ0v) is 16.0. The summed E-state index contributed by atoms with van der Waals surface area (Å²) in [6, 6.07) is 15.0. The number of nitrogen functional groups attached to an aromatic ring is 1. The van der Waals surface area contributed by atoms with Gasteiger partial charge in [-0.25, -0.2) is 4.79 Å². The summed E-state index contributed by atoms with van der Waals surface area (Å²) in [7, 11) is 0. The van der Waals surface area contributed by atoms with Crippen LogP contribution >= 0.6 is 0 Å². The molecule has 3 atom stereocenters. The van der Waals surface area contributed by atoms with Crippen LogP contribution in [0.1, 0.15) is 36.0 Å². The smallest absolute Gasteiger partial charge is 0.327 e. The molecule has 0 bridgehead atoms. The van der Waals surface area contributed by atoms with Gasteiger partial charge in [-0.2, -0.15) is 0 Å². The van der Waals surface area contributed by atoms with E-state index < -0.39 is 29.7 Å². The van der Waals surface area contributed by atoms with E-state index in [-0.39, 0.29) is 24.6 Å². The number of carboxylic acid groups (broad SMARTS) is 1. The molecule has 0 unspecified atom stereocenters. The van der Waals surface area contributed by atoms with Crippen molar-refractivity contribution in [2.24, 2.45) is 11.7 Å². The Morgan fingerprint density at radius 3 is 2.48 bits per heavy atom. The van der Waals surface area contributed by atoms with E-state index in [0.29, 0.717) is 11.1 Å². The molecule has 0 radical (unpaired) electrons. The number of nitrogens with one attached hydrogen (secondary N) is 1. The van der Waals surface area contributed by atoms with E-state index in [9.17, 15) is 19.5 Å². The molecule has 2 aromatic carbocycles. The Morgan fingerprint density at radius 1 is 1.17 bits per heavy atom. The second kappa shape index (κ2) is 8.26. The quantitative estimate of drug-likeness (QED) is 0.378. The SMILES string of the molecule is C[C@@H](CC(=O)N1C(=O)[C@H](Cc2cccc(C(=N)N)c2)[C@H]1C(=O)O)c1ccccc1. The van der Waals surface area contributed by atoms with Gasteiger partial charge in [0, 0.05) is 12.0 Å². The number of hydrogen-bond acceptors (Lipinski definition) is 4. The Balaban J connectivity index is 1.72. The average molecular weight is 393 g/mol. The van der Waals surface area contributed by atoms with Crippen molar-refractivity contribution in [3.63, 3.8) is 0 Å². The van der Waals surface area contributed by atoms with Gasteiger partial charge in [0.1, 0.15) is 11.9 Å². The first kappa shape index (κ1) is 20.3. The predicted molar refractivity (Wildman–Crippen MR) is 107 cm³/mol. The minimum Gasteiger partial charge on any atom is -0.480 e. The first-order valence-corrected chi connectivity index (χ1v) is 9.36. The minimum absolute atomic E-state index is 0.0616. The number of rotatable bonds is 7. The number of imide groups is 1. The summed E-state index contributed by atoms with van der Waals surface area (Å²) >= 11 is 0. The number of β-lactam (4-membered cyclic amide) rings is 1. The van der Waals surface area contributed by atoms with Crippen LogP contribution < -0.4 is 5.73 Å². The molecule has 1 aliphatic heterocycles. The summed E-state index contributed by atoms with van der Waals surface area (Å²) in [6.07, 6.45) is 0.237. The number of hydrogen-bond donors (Lipinski definition) is 3. The fraction of sp³-hybridized carbons (Fsp3) is 0.273. The Kier molecular flexibility index (Phi) is 5.77. The van der Waals surface area contributed by atoms with E-state index in [1.54, 1.807) is 24.3 Å². The molecule has 1 fully saturated rings. The lowest BCUT2D eigenvalue weighted by molar-refractivity contribution is -0.177. The number of likely N-dealkylation sites (tertiary alicyclic amines) is 1. The molecule has 29 heavy (non-hydrogen) atoms. The Morgan fingerprint density at radius 2 is 1.86 bits per heavy atom. The van der Waals surface area contributed by atoms with Gasteiger partial charge in [-0.15, -0.1) is 0 Å². The second-order valence-electron chi connectivity index (χ2n) is 7.33. The van der Waals surface area contributed by atoms with Crippen LogP contribution in [-0.4, -0.2) is 39.7 Å². The minimum atomic E-state index is -1.20. The van der Waals surface area contributed by atoms with Gasteiger partial charge in [0.05, 0.1) is 5.92 Å². The number of carbonyl (C=O) groups is 3. The Hall–Kier alpha value is -3.48. The molecule has 0 spiro atoms. The monoisotopic (exact) mass is 393 g/mol. The summed E-state index contributed by atoms with van der Waals surface area (Å²) in [4.78, 5) is 38.0. The Labute approximate surface area is 168 Å². The molecule has 2 amide bonds. The van der Waals surface area contributed by atoms with Crippen molar-refractivity contribution in [1.82, 2.24) is 4.90 Å². The number of nitrogens with two attached hydrogens (primary N) is 1. The summed E-state index contributed by atoms with van der Waals surface area (Å²) in [5.41, 5.74) is 7.65. The van der Waals surface area contributed by atoms with Crippen molar-refractivity contribution < 1.29 is 19.5 Å². The lowest BCUT2D eigenvalue weighted by Gasteiger charge is -2.43. The molecule has 150 valence electrons. The molecule has 7 heteroatoms. The third kappa shape index (κ3) is 4.18. The highest BCUT2D eigenvalue weighted by Crippen LogP contribution is 2.33. The zero-order valence-electron chi connectivity index (χ0n) is 16.0. The number of carbonyl (C=O) groups excluding carboxylic acids is 2. The van der Waals surface area contributed by atoms with E-state index in [2.05, 4.69) is 0 Å². The average Bonchev–Trinajstić information content (AvgIpc) is 2.70. The molecule has 0 aliphatic carbocycles. The van der Waals surface area contributed by atoms with Crippen LogP contribution in [-0.2, 0) is 20.8 Å². The van der Waals surface area contributed by atoms with Crippen molar-refractivity contribution >= 4 is 23.6 Å². The van der Waals surface area contributed by atoms with Gasteiger partial charge < -0.3 is 10.8 Å². The molecule has 1 heterocycles. The lowest BCUT2D eigenvalue weighted by Crippen LogP contribution is -2.66. The highest BCUT2D eigenvalue weighted by Gasteiger charge is 2.54. The molecule has 2 aromatic rings. The molecular formula is C22H23N3O4. The number of carboxylic acids is 1. The molecule has 1 saturated heterocycles. The maximum Gasteiger partial charge on any atom is 0.327 e. The van der Waals surface area contributed by atoms with Gasteiger partial charge in [-0.1, -0.05) is 55.5 Å². The molecule has 7 nitrogen and oxygen atoms in total. The van der Waals surface area contributed by atoms with Gasteiger partial charge >= 0.3 is 5.97 Å². The largest absolute Gasteiger partial charge is 0.480 e. The molecule has 0 aromatic heterocycles. The van der Waals surface area contributed by atoms with E-state index in [4.69, 9.17) is 11.1 Å². The van der Waals surface area contributed by atoms with Gasteiger partial charge in [0.25, 0.3) is 0 Å². The second-order valence-corrected chi connectivity index (χ2v) is 7.33. The summed E-state index contributed by atoms with van der Waals surface area (Å²) in [6.45, 7) is 1.87. The van der Waals surface area contributed by atoms with Crippen LogP contribution in [0.25, 0.3) is 0 Å². The Bertz CT molecular complexity index is 958. The molecule has 0 saturated carbocycles. The van der Waals surface area contributed by atoms with Gasteiger partial charge in [-0.3, -0.25) is 19.9 Å². The number of nitrogens with zero attached hydrogens (tertiary/aromatic N) is 1. The number of amides is 2. The fourth-order valence-corrected chi connectivity index (χ4v) is 3.69. The number of amidine groups is 1. The molecule has 1 aliphatic rings. The van der Waals surface area contributed by atoms with E-state index >= 15 is 0 Å². The van der Waals surface area contributed by atoms with E-state index in [0.717, 1.165) is 10.5 Å². The van der Waals surface area contributed by atoms with Crippen molar-refractivity contribution in [1.29, 1.82) is 5.41 Å². The fourth-order valence-electron chi connectivity index (χ4n) is 3.69. The van der Waals surface area contributed by atoms with Crippen LogP contribution in [0.2, 0.25) is 0 Å². The van der Waals surface area contributed by atoms with Gasteiger partial charge in [0.2, 0.25) is 11.8 Å². The summed E-state index contributed by atoms with van der Waals surface area (Å²) in [5, 5.41) is 17.1. The van der Waals surface area contributed by atoms with Crippen molar-refractivity contribution in [3.05, 3.63) is 71.3 Å². The third-order valence-corrected chi connectivity index (χ3v) is 5.28. The maximum atomic E-state index is 12.7. The van der Waals surface area contributed by atoms with Crippen molar-refractivity contribution in [2.75, 3.05) is 0 Å². The van der Waals surface area contributed by atoms with Crippen LogP contribution in [0.3, 0.4) is 0 Å². The van der Waals surface area contributed by atoms with Crippen LogP contribution in [0.15, 0.2) is 54.6 Å². The zero-order chi connectivity index (χ0) is 21.1. The standard InChI is InChI=1S/C22H23N3O4/c1-13(15-7-3-2-4-8-15)10-18(26)25-19(22(28)29)17(21(25)27)12-14-6-5-9-16(11-14)20(23)24/h2-9,11,13,17,19H,10,12H2,1H3,(H3,23,24)(H,28,29)/t13-,17+,19-/m0/s1.